The van der Waals surface area contributed by atoms with Gasteiger partial charge in [-0.2, -0.15) is 0 Å². The van der Waals surface area contributed by atoms with E-state index in [1.54, 1.807) is 0 Å². The molecule has 0 radical (unpaired) electrons. The Balaban J connectivity index is 3.44. The number of alkyl halides is 1. The predicted molar refractivity (Wildman–Crippen MR) is 51.8 cm³/mol. The van der Waals surface area contributed by atoms with Gasteiger partial charge in [0.2, 0.25) is 0 Å². The number of ether oxygens (including phenoxy) is 1. The minimum atomic E-state index is -0.390. The van der Waals surface area contributed by atoms with Gasteiger partial charge >= 0.3 is 5.97 Å². The van der Waals surface area contributed by atoms with Crippen molar-refractivity contribution in [1.82, 2.24) is 0 Å². The van der Waals surface area contributed by atoms with Crippen LogP contribution >= 0.6 is 11.6 Å². The molecule has 0 atom stereocenters. The summed E-state index contributed by atoms with van der Waals surface area (Å²) in [4.78, 5) is 11.1. The second-order valence-electron chi connectivity index (χ2n) is 2.61. The normalized spacial score (nSPS) is 9.69. The van der Waals surface area contributed by atoms with Gasteiger partial charge in [-0.25, -0.2) is 4.79 Å². The third kappa shape index (κ3) is 6.61. The molecule has 13 heavy (non-hydrogen) atoms. The summed E-state index contributed by atoms with van der Waals surface area (Å²) in [7, 11) is 0. The summed E-state index contributed by atoms with van der Waals surface area (Å²) >= 11 is 5.42. The lowest BCUT2D eigenvalue weighted by Crippen LogP contribution is -2.09. The van der Waals surface area contributed by atoms with Crippen molar-refractivity contribution in [1.29, 1.82) is 0 Å². The van der Waals surface area contributed by atoms with Crippen molar-refractivity contribution in [2.75, 3.05) is 19.1 Å². The zero-order valence-electron chi connectivity index (χ0n) is 7.59. The monoisotopic (exact) mass is 206 g/mol. The molecule has 0 bridgehead atoms. The van der Waals surface area contributed by atoms with Gasteiger partial charge in [0.1, 0.15) is 0 Å². The molecule has 0 spiro atoms. The summed E-state index contributed by atoms with van der Waals surface area (Å²) in [6.45, 7) is 3.99. The topological polar surface area (TPSA) is 46.5 Å². The van der Waals surface area contributed by atoms with Crippen LogP contribution in [-0.4, -0.2) is 30.2 Å². The third-order valence-electron chi connectivity index (χ3n) is 1.47. The van der Waals surface area contributed by atoms with Crippen LogP contribution in [0.2, 0.25) is 0 Å². The molecule has 0 saturated carbocycles. The van der Waals surface area contributed by atoms with E-state index in [2.05, 4.69) is 6.58 Å². The zero-order chi connectivity index (χ0) is 10.1. The number of unbranched alkanes of at least 4 members (excludes halogenated alkanes) is 1. The minimum Gasteiger partial charge on any atom is -0.462 e. The molecule has 0 aromatic rings. The van der Waals surface area contributed by atoms with E-state index in [1.807, 2.05) is 0 Å². The van der Waals surface area contributed by atoms with E-state index in [-0.39, 0.29) is 6.61 Å². The van der Waals surface area contributed by atoms with E-state index in [4.69, 9.17) is 21.4 Å². The Labute approximate surface area is 83.3 Å². The van der Waals surface area contributed by atoms with Gasteiger partial charge in [-0.05, 0) is 19.3 Å². The van der Waals surface area contributed by atoms with E-state index < -0.39 is 5.97 Å². The lowest BCUT2D eigenvalue weighted by molar-refractivity contribution is -0.139. The fourth-order valence-corrected chi connectivity index (χ4v) is 0.925. The number of rotatable bonds is 7. The molecule has 0 aromatic carbocycles. The Morgan fingerprint density at radius 1 is 1.46 bits per heavy atom. The molecule has 0 aliphatic carbocycles. The highest BCUT2D eigenvalue weighted by Crippen LogP contribution is 2.03. The van der Waals surface area contributed by atoms with Gasteiger partial charge in [-0.3, -0.25) is 0 Å². The van der Waals surface area contributed by atoms with Gasteiger partial charge in [0, 0.05) is 18.1 Å². The molecule has 0 aliphatic heterocycles. The van der Waals surface area contributed by atoms with Crippen LogP contribution < -0.4 is 0 Å². The second kappa shape index (κ2) is 8.08. The van der Waals surface area contributed by atoms with Gasteiger partial charge in [0.25, 0.3) is 0 Å². The van der Waals surface area contributed by atoms with Gasteiger partial charge < -0.3 is 9.84 Å². The fourth-order valence-electron chi connectivity index (χ4n) is 0.697. The average Bonchev–Trinajstić information content (AvgIpc) is 2.12. The first-order valence-corrected chi connectivity index (χ1v) is 4.77. The van der Waals surface area contributed by atoms with E-state index in [0.29, 0.717) is 37.3 Å². The Morgan fingerprint density at radius 3 is 2.69 bits per heavy atom. The smallest absolute Gasteiger partial charge is 0.333 e. The largest absolute Gasteiger partial charge is 0.462 e. The van der Waals surface area contributed by atoms with E-state index in [9.17, 15) is 4.79 Å². The highest BCUT2D eigenvalue weighted by Gasteiger charge is 2.06. The van der Waals surface area contributed by atoms with Crippen molar-refractivity contribution in [3.63, 3.8) is 0 Å². The summed E-state index contributed by atoms with van der Waals surface area (Å²) in [6, 6.07) is 0. The van der Waals surface area contributed by atoms with Crippen LogP contribution in [0.25, 0.3) is 0 Å². The maximum atomic E-state index is 11.1. The molecule has 76 valence electrons. The Bertz CT molecular complexity index is 168. The first-order valence-electron chi connectivity index (χ1n) is 4.24. The van der Waals surface area contributed by atoms with Crippen molar-refractivity contribution < 1.29 is 14.6 Å². The highest BCUT2D eigenvalue weighted by molar-refractivity contribution is 6.18. The molecular weight excluding hydrogens is 192 g/mol. The number of carbonyl (C=O) groups excluding carboxylic acids is 1. The number of hydrogen-bond donors (Lipinski definition) is 1. The summed E-state index contributed by atoms with van der Waals surface area (Å²) in [5, 5.41) is 8.45. The summed E-state index contributed by atoms with van der Waals surface area (Å²) < 4.78 is 4.85. The van der Waals surface area contributed by atoms with Crippen molar-refractivity contribution in [2.45, 2.75) is 19.3 Å². The molecule has 4 heteroatoms. The number of hydrogen-bond acceptors (Lipinski definition) is 3. The molecule has 0 aliphatic rings. The van der Waals surface area contributed by atoms with Crippen LogP contribution in [0.3, 0.4) is 0 Å². The van der Waals surface area contributed by atoms with E-state index in [1.165, 1.54) is 0 Å². The average molecular weight is 207 g/mol. The minimum absolute atomic E-state index is 0.125. The lowest BCUT2D eigenvalue weighted by atomic mass is 10.2. The molecule has 0 heterocycles. The quantitative estimate of drug-likeness (QED) is 0.297. The third-order valence-corrected chi connectivity index (χ3v) is 1.66. The van der Waals surface area contributed by atoms with Gasteiger partial charge in [0.05, 0.1) is 6.61 Å². The molecule has 3 nitrogen and oxygen atoms in total. The van der Waals surface area contributed by atoms with Crippen molar-refractivity contribution in [2.24, 2.45) is 0 Å². The van der Waals surface area contributed by atoms with Crippen molar-refractivity contribution >= 4 is 17.6 Å². The van der Waals surface area contributed by atoms with Gasteiger partial charge in [-0.1, -0.05) is 6.58 Å². The highest BCUT2D eigenvalue weighted by atomic mass is 35.5. The maximum absolute atomic E-state index is 11.1. The summed E-state index contributed by atoms with van der Waals surface area (Å²) in [5.41, 5.74) is 0.402. The second-order valence-corrected chi connectivity index (χ2v) is 2.99. The van der Waals surface area contributed by atoms with Gasteiger partial charge in [-0.15, -0.1) is 11.6 Å². The van der Waals surface area contributed by atoms with Crippen LogP contribution in [0.4, 0.5) is 0 Å². The zero-order valence-corrected chi connectivity index (χ0v) is 8.35. The molecule has 0 unspecified atom stereocenters. The summed E-state index contributed by atoms with van der Waals surface area (Å²) in [6.07, 6.45) is 1.78. The van der Waals surface area contributed by atoms with Crippen LogP contribution in [0.1, 0.15) is 19.3 Å². The Hall–Kier alpha value is -0.540. The van der Waals surface area contributed by atoms with Gasteiger partial charge in [0.15, 0.2) is 0 Å². The van der Waals surface area contributed by atoms with Crippen molar-refractivity contribution in [3.05, 3.63) is 12.2 Å². The fraction of sp³-hybridized carbons (Fsp3) is 0.667. The molecule has 0 amide bonds. The van der Waals surface area contributed by atoms with Crippen LogP contribution in [0.5, 0.6) is 0 Å². The first-order chi connectivity index (χ1) is 6.22. The number of aliphatic hydroxyl groups is 1. The molecule has 0 fully saturated rings. The Morgan fingerprint density at radius 2 is 2.15 bits per heavy atom. The number of esters is 1. The summed E-state index contributed by atoms with van der Waals surface area (Å²) in [5.74, 6) is -0.0107. The van der Waals surface area contributed by atoms with Crippen LogP contribution in [-0.2, 0) is 9.53 Å². The standard InChI is InChI=1S/C9H15ClO3/c1-8(4-5-10)9(12)13-7-3-2-6-11/h11H,1-7H2. The Kier molecular flexibility index (Phi) is 7.74. The number of halogens is 1. The maximum Gasteiger partial charge on any atom is 0.333 e. The molecular formula is C9H15ClO3. The number of carbonyl (C=O) groups is 1. The first kappa shape index (κ1) is 12.5. The molecule has 1 N–H and O–H groups in total. The molecule has 0 saturated heterocycles. The molecule has 0 aromatic heterocycles. The van der Waals surface area contributed by atoms with Crippen molar-refractivity contribution in [3.8, 4) is 0 Å². The van der Waals surface area contributed by atoms with E-state index in [0.717, 1.165) is 0 Å². The molecule has 0 rings (SSSR count). The SMILES string of the molecule is C=C(CCCl)C(=O)OCCCCO. The number of aliphatic hydroxyl groups excluding tert-OH is 1. The van der Waals surface area contributed by atoms with Crippen LogP contribution in [0.15, 0.2) is 12.2 Å². The lowest BCUT2D eigenvalue weighted by Gasteiger charge is -2.04. The van der Waals surface area contributed by atoms with E-state index >= 15 is 0 Å². The van der Waals surface area contributed by atoms with Crippen LogP contribution in [0, 0.1) is 0 Å². The predicted octanol–water partition coefficient (Wildman–Crippen LogP) is 1.49.